The Bertz CT molecular complexity index is 525. The maximum Gasteiger partial charge on any atom is 0.338 e. The van der Waals surface area contributed by atoms with Gasteiger partial charge in [0, 0.05) is 17.1 Å². The van der Waals surface area contributed by atoms with Crippen LogP contribution in [-0.2, 0) is 6.54 Å². The summed E-state index contributed by atoms with van der Waals surface area (Å²) >= 11 is 1.60. The average molecular weight is 251 g/mol. The molecule has 0 radical (unpaired) electrons. The van der Waals surface area contributed by atoms with Crippen LogP contribution in [0.25, 0.3) is 0 Å². The summed E-state index contributed by atoms with van der Waals surface area (Å²) in [7, 11) is 0. The fourth-order valence-corrected chi connectivity index (χ4v) is 2.05. The van der Waals surface area contributed by atoms with Crippen molar-refractivity contribution in [2.45, 2.75) is 6.54 Å². The zero-order valence-electron chi connectivity index (χ0n) is 8.81. The molecule has 1 aromatic carbocycles. The second-order valence-corrected chi connectivity index (χ2v) is 4.46. The van der Waals surface area contributed by atoms with E-state index in [0.717, 1.165) is 10.9 Å². The van der Waals surface area contributed by atoms with E-state index in [1.54, 1.807) is 11.3 Å². The monoisotopic (exact) mass is 251 g/mol. The van der Waals surface area contributed by atoms with Crippen LogP contribution in [0.2, 0.25) is 0 Å². The number of anilines is 1. The van der Waals surface area contributed by atoms with Crippen molar-refractivity contribution >= 4 is 23.0 Å². The maximum atomic E-state index is 13.1. The first-order valence-electron chi connectivity index (χ1n) is 4.96. The van der Waals surface area contributed by atoms with Gasteiger partial charge in [-0.05, 0) is 29.6 Å². The molecule has 0 amide bonds. The van der Waals surface area contributed by atoms with Gasteiger partial charge in [-0.2, -0.15) is 0 Å². The highest BCUT2D eigenvalue weighted by atomic mass is 32.1. The van der Waals surface area contributed by atoms with Crippen LogP contribution in [-0.4, -0.2) is 11.1 Å². The lowest BCUT2D eigenvalue weighted by Gasteiger charge is -2.06. The van der Waals surface area contributed by atoms with Crippen molar-refractivity contribution in [2.24, 2.45) is 0 Å². The van der Waals surface area contributed by atoms with Crippen LogP contribution < -0.4 is 5.32 Å². The molecule has 1 heterocycles. The summed E-state index contributed by atoms with van der Waals surface area (Å²) in [6.07, 6.45) is 0. The molecule has 0 saturated carbocycles. The van der Waals surface area contributed by atoms with Crippen LogP contribution >= 0.6 is 11.3 Å². The second kappa shape index (κ2) is 4.97. The van der Waals surface area contributed by atoms with Crippen molar-refractivity contribution in [1.29, 1.82) is 0 Å². The number of aromatic carboxylic acids is 1. The number of carboxylic acid groups (broad SMARTS) is 1. The highest BCUT2D eigenvalue weighted by molar-refractivity contribution is 7.09. The predicted octanol–water partition coefficient (Wildman–Crippen LogP) is 3.20. The van der Waals surface area contributed by atoms with Gasteiger partial charge in [-0.3, -0.25) is 0 Å². The summed E-state index contributed by atoms with van der Waals surface area (Å²) in [6, 6.07) is 7.88. The molecule has 2 rings (SSSR count). The van der Waals surface area contributed by atoms with Gasteiger partial charge >= 0.3 is 5.97 Å². The first-order valence-corrected chi connectivity index (χ1v) is 5.84. The lowest BCUT2D eigenvalue weighted by atomic mass is 10.2. The number of carboxylic acids is 1. The lowest BCUT2D eigenvalue weighted by Crippen LogP contribution is -2.03. The third-order valence-corrected chi connectivity index (χ3v) is 3.12. The molecule has 0 spiro atoms. The van der Waals surface area contributed by atoms with E-state index < -0.39 is 11.8 Å². The highest BCUT2D eigenvalue weighted by Gasteiger charge is 2.10. The summed E-state index contributed by atoms with van der Waals surface area (Å²) in [6.45, 7) is 0.600. The second-order valence-electron chi connectivity index (χ2n) is 3.43. The van der Waals surface area contributed by atoms with E-state index in [9.17, 15) is 9.18 Å². The molecule has 1 aromatic heterocycles. The molecule has 0 aliphatic heterocycles. The minimum atomic E-state index is -1.26. The SMILES string of the molecule is O=C(O)c1cc(NCc2cccs2)ccc1F. The van der Waals surface area contributed by atoms with Crippen LogP contribution in [0.1, 0.15) is 15.2 Å². The molecular weight excluding hydrogens is 241 g/mol. The molecular formula is C12H10FNO2S. The third-order valence-electron chi connectivity index (χ3n) is 2.24. The van der Waals surface area contributed by atoms with E-state index in [2.05, 4.69) is 5.32 Å². The molecule has 0 unspecified atom stereocenters. The van der Waals surface area contributed by atoms with Gasteiger partial charge in [0.25, 0.3) is 0 Å². The Morgan fingerprint density at radius 1 is 1.41 bits per heavy atom. The zero-order valence-corrected chi connectivity index (χ0v) is 9.63. The van der Waals surface area contributed by atoms with Gasteiger partial charge in [-0.1, -0.05) is 6.07 Å². The van der Waals surface area contributed by atoms with Gasteiger partial charge in [0.2, 0.25) is 0 Å². The number of hydrogen-bond acceptors (Lipinski definition) is 3. The molecule has 0 aliphatic carbocycles. The molecule has 88 valence electrons. The Morgan fingerprint density at radius 3 is 2.88 bits per heavy atom. The molecule has 0 saturated heterocycles. The van der Waals surface area contributed by atoms with Gasteiger partial charge < -0.3 is 10.4 Å². The predicted molar refractivity (Wildman–Crippen MR) is 65.0 cm³/mol. The summed E-state index contributed by atoms with van der Waals surface area (Å²) in [5, 5.41) is 13.8. The van der Waals surface area contributed by atoms with Gasteiger partial charge in [0.15, 0.2) is 0 Å². The topological polar surface area (TPSA) is 49.3 Å². The fraction of sp³-hybridized carbons (Fsp3) is 0.0833. The summed E-state index contributed by atoms with van der Waals surface area (Å²) < 4.78 is 13.1. The quantitative estimate of drug-likeness (QED) is 0.877. The van der Waals surface area contributed by atoms with Crippen molar-refractivity contribution < 1.29 is 14.3 Å². The Balaban J connectivity index is 2.11. The van der Waals surface area contributed by atoms with E-state index in [0.29, 0.717) is 12.2 Å². The minimum absolute atomic E-state index is 0.318. The molecule has 17 heavy (non-hydrogen) atoms. The average Bonchev–Trinajstić information content (AvgIpc) is 2.80. The molecule has 2 N–H and O–H groups in total. The highest BCUT2D eigenvalue weighted by Crippen LogP contribution is 2.17. The van der Waals surface area contributed by atoms with Crippen molar-refractivity contribution in [2.75, 3.05) is 5.32 Å². The van der Waals surface area contributed by atoms with Crippen LogP contribution in [0.15, 0.2) is 35.7 Å². The van der Waals surface area contributed by atoms with Crippen LogP contribution in [0.3, 0.4) is 0 Å². The molecule has 5 heteroatoms. The van der Waals surface area contributed by atoms with Crippen molar-refractivity contribution in [3.8, 4) is 0 Å². The maximum absolute atomic E-state index is 13.1. The minimum Gasteiger partial charge on any atom is -0.478 e. The molecule has 0 fully saturated rings. The number of benzene rings is 1. The fourth-order valence-electron chi connectivity index (χ4n) is 1.40. The standard InChI is InChI=1S/C12H10FNO2S/c13-11-4-3-8(6-10(11)12(15)16)14-7-9-2-1-5-17-9/h1-6,14H,7H2,(H,15,16). The van der Waals surface area contributed by atoms with Crippen molar-refractivity contribution in [3.05, 3.63) is 52.0 Å². The lowest BCUT2D eigenvalue weighted by molar-refractivity contribution is 0.0692. The van der Waals surface area contributed by atoms with E-state index in [-0.39, 0.29) is 5.56 Å². The Hall–Kier alpha value is -1.88. The number of carbonyl (C=O) groups is 1. The zero-order chi connectivity index (χ0) is 12.3. The summed E-state index contributed by atoms with van der Waals surface area (Å²) in [5.74, 6) is -1.98. The molecule has 0 aliphatic rings. The number of rotatable bonds is 4. The number of halogens is 1. The van der Waals surface area contributed by atoms with Crippen LogP contribution in [0, 0.1) is 5.82 Å². The van der Waals surface area contributed by atoms with Crippen LogP contribution in [0.5, 0.6) is 0 Å². The smallest absolute Gasteiger partial charge is 0.338 e. The first kappa shape index (κ1) is 11.6. The summed E-state index contributed by atoms with van der Waals surface area (Å²) in [5.41, 5.74) is 0.276. The van der Waals surface area contributed by atoms with E-state index >= 15 is 0 Å². The van der Waals surface area contributed by atoms with E-state index in [1.165, 1.54) is 12.1 Å². The van der Waals surface area contributed by atoms with E-state index in [4.69, 9.17) is 5.11 Å². The number of nitrogens with one attached hydrogen (secondary N) is 1. The van der Waals surface area contributed by atoms with Gasteiger partial charge in [0.1, 0.15) is 5.82 Å². The Kier molecular flexibility index (Phi) is 3.39. The van der Waals surface area contributed by atoms with E-state index in [1.807, 2.05) is 17.5 Å². The normalized spacial score (nSPS) is 10.2. The largest absolute Gasteiger partial charge is 0.478 e. The number of thiophene rings is 1. The third kappa shape index (κ3) is 2.82. The molecule has 0 atom stereocenters. The first-order chi connectivity index (χ1) is 8.16. The van der Waals surface area contributed by atoms with Crippen molar-refractivity contribution in [3.63, 3.8) is 0 Å². The van der Waals surface area contributed by atoms with Crippen LogP contribution in [0.4, 0.5) is 10.1 Å². The number of hydrogen-bond donors (Lipinski definition) is 2. The Morgan fingerprint density at radius 2 is 2.24 bits per heavy atom. The van der Waals surface area contributed by atoms with Gasteiger partial charge in [-0.15, -0.1) is 11.3 Å². The van der Waals surface area contributed by atoms with Gasteiger partial charge in [-0.25, -0.2) is 9.18 Å². The Labute approximate surface area is 102 Å². The molecule has 3 nitrogen and oxygen atoms in total. The van der Waals surface area contributed by atoms with Crippen molar-refractivity contribution in [1.82, 2.24) is 0 Å². The molecule has 0 bridgehead atoms. The van der Waals surface area contributed by atoms with Gasteiger partial charge in [0.05, 0.1) is 5.56 Å². The molecule has 2 aromatic rings. The summed E-state index contributed by atoms with van der Waals surface area (Å²) in [4.78, 5) is 11.9.